The van der Waals surface area contributed by atoms with Crippen LogP contribution >= 0.6 is 24.0 Å². The molecule has 1 saturated carbocycles. The lowest BCUT2D eigenvalue weighted by Gasteiger charge is -2.21. The van der Waals surface area contributed by atoms with E-state index in [0.717, 1.165) is 0 Å². The van der Waals surface area contributed by atoms with Crippen LogP contribution in [0.25, 0.3) is 0 Å². The number of rotatable bonds is 6. The minimum atomic E-state index is -0.484. The van der Waals surface area contributed by atoms with Gasteiger partial charge in [0, 0.05) is 31.2 Å². The van der Waals surface area contributed by atoms with E-state index in [9.17, 15) is 8.78 Å². The maximum absolute atomic E-state index is 13.8. The Morgan fingerprint density at radius 2 is 1.96 bits per heavy atom. The molecule has 136 valence electrons. The van der Waals surface area contributed by atoms with Crippen LogP contribution in [0, 0.1) is 11.6 Å². The van der Waals surface area contributed by atoms with Crippen LogP contribution in [0.5, 0.6) is 0 Å². The maximum Gasteiger partial charge on any atom is 0.191 e. The number of nitrogens with zero attached hydrogens (tertiary/aromatic N) is 1. The molecule has 1 aliphatic carbocycles. The summed E-state index contributed by atoms with van der Waals surface area (Å²) in [7, 11) is 1.65. The first-order valence-electron chi connectivity index (χ1n) is 7.92. The number of hydrogen-bond acceptors (Lipinski definition) is 2. The molecule has 0 spiro atoms. The van der Waals surface area contributed by atoms with E-state index in [1.165, 1.54) is 18.2 Å². The van der Waals surface area contributed by atoms with Crippen LogP contribution in [0.2, 0.25) is 0 Å². The molecule has 2 atom stereocenters. The first-order valence-corrected chi connectivity index (χ1v) is 7.92. The summed E-state index contributed by atoms with van der Waals surface area (Å²) in [4.78, 5) is 4.49. The molecule has 0 amide bonds. The van der Waals surface area contributed by atoms with Crippen LogP contribution in [-0.2, 0) is 4.74 Å². The predicted molar refractivity (Wildman–Crippen MR) is 103 cm³/mol. The second kappa shape index (κ2) is 8.94. The molecule has 0 bridgehead atoms. The van der Waals surface area contributed by atoms with Crippen LogP contribution in [-0.4, -0.2) is 37.8 Å². The quantitative estimate of drug-likeness (QED) is 0.394. The molecule has 0 radical (unpaired) electrons. The van der Waals surface area contributed by atoms with Gasteiger partial charge in [0.2, 0.25) is 0 Å². The molecule has 1 aromatic carbocycles. The van der Waals surface area contributed by atoms with Gasteiger partial charge in [-0.1, -0.05) is 6.07 Å². The largest absolute Gasteiger partial charge is 0.377 e. The van der Waals surface area contributed by atoms with Crippen LogP contribution in [0.4, 0.5) is 8.78 Å². The number of hydrogen-bond donors (Lipinski definition) is 2. The molecule has 0 heterocycles. The predicted octanol–water partition coefficient (Wildman–Crippen LogP) is 3.42. The molecule has 1 aliphatic rings. The summed E-state index contributed by atoms with van der Waals surface area (Å²) in [5.41, 5.74) is -0.193. The van der Waals surface area contributed by atoms with E-state index in [0.29, 0.717) is 25.5 Å². The Balaban J connectivity index is 0.00000288. The van der Waals surface area contributed by atoms with Gasteiger partial charge < -0.3 is 15.4 Å². The van der Waals surface area contributed by atoms with E-state index < -0.39 is 11.6 Å². The van der Waals surface area contributed by atoms with Gasteiger partial charge in [0.1, 0.15) is 11.6 Å². The Morgan fingerprint density at radius 3 is 2.50 bits per heavy atom. The zero-order chi connectivity index (χ0) is 17.0. The third kappa shape index (κ3) is 5.54. The minimum absolute atomic E-state index is 0. The average Bonchev–Trinajstić information content (AvgIpc) is 3.24. The Hall–Kier alpha value is -0.960. The van der Waals surface area contributed by atoms with Crippen molar-refractivity contribution in [2.45, 2.75) is 44.8 Å². The molecule has 7 heteroatoms. The lowest BCUT2D eigenvalue weighted by atomic mass is 10.1. The molecule has 2 N–H and O–H groups in total. The summed E-state index contributed by atoms with van der Waals surface area (Å²) in [5, 5.41) is 6.39. The fourth-order valence-corrected chi connectivity index (χ4v) is 2.37. The lowest BCUT2D eigenvalue weighted by Crippen LogP contribution is -2.40. The Labute approximate surface area is 159 Å². The summed E-state index contributed by atoms with van der Waals surface area (Å²) < 4.78 is 33.0. The van der Waals surface area contributed by atoms with Gasteiger partial charge >= 0.3 is 0 Å². The first kappa shape index (κ1) is 21.1. The number of nitrogens with one attached hydrogen (secondary N) is 2. The van der Waals surface area contributed by atoms with Crippen LogP contribution in [0.15, 0.2) is 23.2 Å². The van der Waals surface area contributed by atoms with Crippen LogP contribution in [0.1, 0.15) is 38.7 Å². The summed E-state index contributed by atoms with van der Waals surface area (Å²) in [6, 6.07) is 3.98. The van der Waals surface area contributed by atoms with E-state index in [2.05, 4.69) is 15.6 Å². The third-order valence-electron chi connectivity index (χ3n) is 4.00. The van der Waals surface area contributed by atoms with E-state index >= 15 is 0 Å². The second-order valence-electron chi connectivity index (χ2n) is 6.39. The molecular weight excluding hydrogens is 427 g/mol. The molecule has 1 aromatic rings. The number of halogens is 3. The number of aliphatic imine (C=N–C) groups is 1. The van der Waals surface area contributed by atoms with Crippen molar-refractivity contribution >= 4 is 29.9 Å². The number of ether oxygens (including phenoxy) is 1. The standard InChI is InChI=1S/C17H25F2N3O.HI/c1-5-20-16(21-10-17(2,3)23-4)22-14-9-11(14)15-12(18)7-6-8-13(15)19;/h6-8,11,14H,5,9-10H2,1-4H3,(H2,20,21,22);1H. The Bertz CT molecular complexity index is 561. The molecule has 0 aromatic heterocycles. The van der Waals surface area contributed by atoms with Crippen molar-refractivity contribution in [2.75, 3.05) is 20.2 Å². The van der Waals surface area contributed by atoms with E-state index in [4.69, 9.17) is 4.74 Å². The SMILES string of the molecule is CCNC(=NCC(C)(C)OC)NC1CC1c1c(F)cccc1F.I. The Kier molecular flexibility index (Phi) is 7.85. The molecule has 0 saturated heterocycles. The van der Waals surface area contributed by atoms with Crippen molar-refractivity contribution in [3.05, 3.63) is 35.4 Å². The minimum Gasteiger partial charge on any atom is -0.377 e. The number of methoxy groups -OCH3 is 1. The molecular formula is C17H26F2IN3O. The normalized spacial score (nSPS) is 20.3. The highest BCUT2D eigenvalue weighted by Crippen LogP contribution is 2.43. The lowest BCUT2D eigenvalue weighted by molar-refractivity contribution is 0.0310. The van der Waals surface area contributed by atoms with Crippen LogP contribution < -0.4 is 10.6 Å². The van der Waals surface area contributed by atoms with Crippen molar-refractivity contribution in [1.82, 2.24) is 10.6 Å². The van der Waals surface area contributed by atoms with Gasteiger partial charge in [0.05, 0.1) is 12.1 Å². The number of benzene rings is 1. The smallest absolute Gasteiger partial charge is 0.191 e. The maximum atomic E-state index is 13.8. The molecule has 2 unspecified atom stereocenters. The fourth-order valence-electron chi connectivity index (χ4n) is 2.37. The summed E-state index contributed by atoms with van der Waals surface area (Å²) in [6.07, 6.45) is 0.690. The Morgan fingerprint density at radius 1 is 1.33 bits per heavy atom. The van der Waals surface area contributed by atoms with Gasteiger partial charge in [-0.15, -0.1) is 24.0 Å². The van der Waals surface area contributed by atoms with Crippen LogP contribution in [0.3, 0.4) is 0 Å². The van der Waals surface area contributed by atoms with Crippen molar-refractivity contribution in [1.29, 1.82) is 0 Å². The molecule has 24 heavy (non-hydrogen) atoms. The topological polar surface area (TPSA) is 45.7 Å². The molecule has 4 nitrogen and oxygen atoms in total. The monoisotopic (exact) mass is 453 g/mol. The van der Waals surface area contributed by atoms with Gasteiger partial charge in [-0.25, -0.2) is 8.78 Å². The highest BCUT2D eigenvalue weighted by Gasteiger charge is 2.42. The van der Waals surface area contributed by atoms with E-state index in [1.807, 2.05) is 20.8 Å². The summed E-state index contributed by atoms with van der Waals surface area (Å²) in [6.45, 7) is 7.08. The van der Waals surface area contributed by atoms with E-state index in [-0.39, 0.29) is 47.1 Å². The average molecular weight is 453 g/mol. The highest BCUT2D eigenvalue weighted by atomic mass is 127. The molecule has 2 rings (SSSR count). The fraction of sp³-hybridized carbons (Fsp3) is 0.588. The van der Waals surface area contributed by atoms with Gasteiger partial charge in [-0.3, -0.25) is 4.99 Å². The zero-order valence-electron chi connectivity index (χ0n) is 14.5. The third-order valence-corrected chi connectivity index (χ3v) is 4.00. The first-order chi connectivity index (χ1) is 10.9. The van der Waals surface area contributed by atoms with Gasteiger partial charge in [-0.2, -0.15) is 0 Å². The summed E-state index contributed by atoms with van der Waals surface area (Å²) >= 11 is 0. The molecule has 0 aliphatic heterocycles. The number of guanidine groups is 1. The van der Waals surface area contributed by atoms with Crippen molar-refractivity contribution in [2.24, 2.45) is 4.99 Å². The second-order valence-corrected chi connectivity index (χ2v) is 6.39. The highest BCUT2D eigenvalue weighted by molar-refractivity contribution is 14.0. The van der Waals surface area contributed by atoms with Gasteiger partial charge in [0.15, 0.2) is 5.96 Å². The van der Waals surface area contributed by atoms with Gasteiger partial charge in [0.25, 0.3) is 0 Å². The molecule has 1 fully saturated rings. The van der Waals surface area contributed by atoms with Crippen molar-refractivity contribution in [3.8, 4) is 0 Å². The van der Waals surface area contributed by atoms with Crippen molar-refractivity contribution in [3.63, 3.8) is 0 Å². The zero-order valence-corrected chi connectivity index (χ0v) is 16.9. The van der Waals surface area contributed by atoms with Gasteiger partial charge in [-0.05, 0) is 39.3 Å². The summed E-state index contributed by atoms with van der Waals surface area (Å²) in [5.74, 6) is -0.485. The van der Waals surface area contributed by atoms with E-state index in [1.54, 1.807) is 7.11 Å². The van der Waals surface area contributed by atoms with Crippen molar-refractivity contribution < 1.29 is 13.5 Å².